The Hall–Kier alpha value is -2.08. The summed E-state index contributed by atoms with van der Waals surface area (Å²) < 4.78 is 10.9. The minimum Gasteiger partial charge on any atom is -0.461 e. The number of piperazine rings is 1. The number of benzene rings is 1. The molecule has 0 aromatic heterocycles. The molecule has 6 heteroatoms. The van der Waals surface area contributed by atoms with Crippen LogP contribution in [0.1, 0.15) is 52.7 Å². The van der Waals surface area contributed by atoms with Gasteiger partial charge >= 0.3 is 12.1 Å². The Balaban J connectivity index is 1.82. The highest BCUT2D eigenvalue weighted by molar-refractivity contribution is 5.72. The van der Waals surface area contributed by atoms with E-state index in [4.69, 9.17) is 9.47 Å². The van der Waals surface area contributed by atoms with Crippen LogP contribution in [0.25, 0.3) is 0 Å². The quantitative estimate of drug-likeness (QED) is 0.669. The first kappa shape index (κ1) is 23.2. The van der Waals surface area contributed by atoms with E-state index in [1.54, 1.807) is 4.90 Å². The van der Waals surface area contributed by atoms with Crippen molar-refractivity contribution >= 4 is 12.1 Å². The fourth-order valence-electron chi connectivity index (χ4n) is 3.05. The summed E-state index contributed by atoms with van der Waals surface area (Å²) in [4.78, 5) is 28.3. The van der Waals surface area contributed by atoms with Gasteiger partial charge in [-0.3, -0.25) is 9.69 Å². The van der Waals surface area contributed by atoms with Gasteiger partial charge in [0, 0.05) is 32.7 Å². The molecule has 1 fully saturated rings. The highest BCUT2D eigenvalue weighted by Crippen LogP contribution is 2.16. The molecule has 0 saturated carbocycles. The van der Waals surface area contributed by atoms with Crippen LogP contribution in [0, 0.1) is 11.8 Å². The molecule has 1 saturated heterocycles. The SMILES string of the molecule is CC(C)[C@H](C)C(=O)OCc1cccc(CN2CCN(C(=O)OC(C)(C)C)CC2)c1. The molecular weight excluding hydrogens is 368 g/mol. The molecule has 0 spiro atoms. The van der Waals surface area contributed by atoms with Crippen LogP contribution in [-0.4, -0.2) is 53.6 Å². The molecule has 1 amide bonds. The van der Waals surface area contributed by atoms with Crippen LogP contribution in [0.3, 0.4) is 0 Å². The lowest BCUT2D eigenvalue weighted by Crippen LogP contribution is -2.49. The molecule has 29 heavy (non-hydrogen) atoms. The molecule has 1 aliphatic heterocycles. The van der Waals surface area contributed by atoms with Gasteiger partial charge in [0.25, 0.3) is 0 Å². The molecule has 1 aromatic carbocycles. The lowest BCUT2D eigenvalue weighted by Gasteiger charge is -2.35. The molecule has 0 radical (unpaired) electrons. The van der Waals surface area contributed by atoms with Gasteiger partial charge in [0.15, 0.2) is 0 Å². The Morgan fingerprint density at radius 1 is 1.03 bits per heavy atom. The molecule has 6 nitrogen and oxygen atoms in total. The lowest BCUT2D eigenvalue weighted by molar-refractivity contribution is -0.150. The second kappa shape index (κ2) is 10.1. The Labute approximate surface area is 175 Å². The summed E-state index contributed by atoms with van der Waals surface area (Å²) >= 11 is 0. The number of carbonyl (C=O) groups excluding carboxylic acids is 2. The van der Waals surface area contributed by atoms with Crippen molar-refractivity contribution in [2.75, 3.05) is 26.2 Å². The maximum absolute atomic E-state index is 12.2. The summed E-state index contributed by atoms with van der Waals surface area (Å²) in [6, 6.07) is 8.16. The van der Waals surface area contributed by atoms with Crippen molar-refractivity contribution in [1.29, 1.82) is 0 Å². The molecule has 0 bridgehead atoms. The first-order chi connectivity index (χ1) is 13.5. The third-order valence-corrected chi connectivity index (χ3v) is 5.17. The first-order valence-electron chi connectivity index (χ1n) is 10.5. The third-order valence-electron chi connectivity index (χ3n) is 5.17. The molecule has 2 rings (SSSR count). The van der Waals surface area contributed by atoms with E-state index in [9.17, 15) is 9.59 Å². The Morgan fingerprint density at radius 2 is 1.66 bits per heavy atom. The molecular formula is C23H36N2O4. The van der Waals surface area contributed by atoms with Gasteiger partial charge < -0.3 is 14.4 Å². The molecule has 1 aromatic rings. The second-order valence-corrected chi connectivity index (χ2v) is 9.20. The predicted molar refractivity (Wildman–Crippen MR) is 113 cm³/mol. The molecule has 1 atom stereocenters. The highest BCUT2D eigenvalue weighted by atomic mass is 16.6. The van der Waals surface area contributed by atoms with E-state index in [0.717, 1.165) is 25.2 Å². The Bertz CT molecular complexity index is 688. The van der Waals surface area contributed by atoms with Crippen LogP contribution in [0.2, 0.25) is 0 Å². The minimum atomic E-state index is -0.467. The molecule has 0 N–H and O–H groups in total. The number of esters is 1. The lowest BCUT2D eigenvalue weighted by atomic mass is 9.99. The van der Waals surface area contributed by atoms with E-state index in [1.165, 1.54) is 5.56 Å². The van der Waals surface area contributed by atoms with Crippen molar-refractivity contribution in [2.45, 2.75) is 60.3 Å². The topological polar surface area (TPSA) is 59.1 Å². The number of amides is 1. The van der Waals surface area contributed by atoms with Gasteiger partial charge in [-0.1, -0.05) is 45.0 Å². The molecule has 162 valence electrons. The summed E-state index contributed by atoms with van der Waals surface area (Å²) in [5.74, 6) is 0.0244. The van der Waals surface area contributed by atoms with Crippen LogP contribution >= 0.6 is 0 Å². The largest absolute Gasteiger partial charge is 0.461 e. The normalized spacial score (nSPS) is 16.6. The monoisotopic (exact) mass is 404 g/mol. The van der Waals surface area contributed by atoms with Crippen molar-refractivity contribution in [3.8, 4) is 0 Å². The van der Waals surface area contributed by atoms with Gasteiger partial charge in [0.2, 0.25) is 0 Å². The van der Waals surface area contributed by atoms with Crippen LogP contribution in [0.15, 0.2) is 24.3 Å². The van der Waals surface area contributed by atoms with Crippen molar-refractivity contribution in [3.05, 3.63) is 35.4 Å². The summed E-state index contributed by atoms with van der Waals surface area (Å²) in [6.07, 6.45) is -0.239. The van der Waals surface area contributed by atoms with Gasteiger partial charge in [0.05, 0.1) is 5.92 Å². The molecule has 0 unspecified atom stereocenters. The number of rotatable bonds is 6. The van der Waals surface area contributed by atoms with Gasteiger partial charge in [-0.25, -0.2) is 4.79 Å². The van der Waals surface area contributed by atoms with E-state index in [0.29, 0.717) is 19.7 Å². The zero-order chi connectivity index (χ0) is 21.6. The third kappa shape index (κ3) is 7.69. The average molecular weight is 405 g/mol. The van der Waals surface area contributed by atoms with Crippen LogP contribution < -0.4 is 0 Å². The summed E-state index contributed by atoms with van der Waals surface area (Å²) in [5.41, 5.74) is 1.71. The predicted octanol–water partition coefficient (Wildman–Crippen LogP) is 4.07. The molecule has 1 aliphatic rings. The van der Waals surface area contributed by atoms with E-state index in [-0.39, 0.29) is 23.9 Å². The number of carbonyl (C=O) groups is 2. The molecule has 0 aliphatic carbocycles. The van der Waals surface area contributed by atoms with Gasteiger partial charge in [-0.05, 0) is 37.8 Å². The maximum Gasteiger partial charge on any atom is 0.410 e. The van der Waals surface area contributed by atoms with Crippen LogP contribution in [-0.2, 0) is 27.4 Å². The van der Waals surface area contributed by atoms with Crippen molar-refractivity contribution in [2.24, 2.45) is 11.8 Å². The number of nitrogens with zero attached hydrogens (tertiary/aromatic N) is 2. The van der Waals surface area contributed by atoms with E-state index in [1.807, 2.05) is 53.7 Å². The number of ether oxygens (including phenoxy) is 2. The van der Waals surface area contributed by atoms with E-state index < -0.39 is 5.60 Å². The van der Waals surface area contributed by atoms with Crippen molar-refractivity contribution in [3.63, 3.8) is 0 Å². The van der Waals surface area contributed by atoms with E-state index >= 15 is 0 Å². The zero-order valence-corrected chi connectivity index (χ0v) is 18.7. The summed E-state index contributed by atoms with van der Waals surface area (Å²) in [7, 11) is 0. The first-order valence-corrected chi connectivity index (χ1v) is 10.5. The highest BCUT2D eigenvalue weighted by Gasteiger charge is 2.25. The number of hydrogen-bond acceptors (Lipinski definition) is 5. The summed E-state index contributed by atoms with van der Waals surface area (Å²) in [6.45, 7) is 15.7. The Kier molecular flexibility index (Phi) is 8.08. The van der Waals surface area contributed by atoms with Crippen LogP contribution in [0.5, 0.6) is 0 Å². The Morgan fingerprint density at radius 3 is 2.24 bits per heavy atom. The standard InChI is InChI=1S/C23H36N2O4/c1-17(2)18(3)21(26)28-16-20-9-7-8-19(14-20)15-24-10-12-25(13-11-24)22(27)29-23(4,5)6/h7-9,14,17-18H,10-13,15-16H2,1-6H3/t18-/m0/s1. The average Bonchev–Trinajstić information content (AvgIpc) is 2.65. The van der Waals surface area contributed by atoms with Crippen molar-refractivity contribution < 1.29 is 19.1 Å². The fraction of sp³-hybridized carbons (Fsp3) is 0.652. The number of hydrogen-bond donors (Lipinski definition) is 0. The second-order valence-electron chi connectivity index (χ2n) is 9.20. The van der Waals surface area contributed by atoms with Crippen LogP contribution in [0.4, 0.5) is 4.79 Å². The fourth-order valence-corrected chi connectivity index (χ4v) is 3.05. The zero-order valence-electron chi connectivity index (χ0n) is 18.7. The van der Waals surface area contributed by atoms with Gasteiger partial charge in [-0.2, -0.15) is 0 Å². The maximum atomic E-state index is 12.2. The minimum absolute atomic E-state index is 0.0977. The van der Waals surface area contributed by atoms with Gasteiger partial charge in [0.1, 0.15) is 12.2 Å². The van der Waals surface area contributed by atoms with Crippen molar-refractivity contribution in [1.82, 2.24) is 9.80 Å². The van der Waals surface area contributed by atoms with E-state index in [2.05, 4.69) is 17.0 Å². The smallest absolute Gasteiger partial charge is 0.410 e. The van der Waals surface area contributed by atoms with Gasteiger partial charge in [-0.15, -0.1) is 0 Å². The molecule has 1 heterocycles. The summed E-state index contributed by atoms with van der Waals surface area (Å²) in [5, 5.41) is 0.